The molecule has 3 heteroatoms. The highest BCUT2D eigenvalue weighted by Gasteiger charge is 1.95. The molecule has 94 valence electrons. The maximum absolute atomic E-state index is 5.92. The molecule has 2 rings (SSSR count). The first-order valence-corrected chi connectivity index (χ1v) is 7.29. The van der Waals surface area contributed by atoms with Gasteiger partial charge in [-0.15, -0.1) is 11.8 Å². The molecule has 2 aromatic carbocycles. The summed E-state index contributed by atoms with van der Waals surface area (Å²) in [4.78, 5) is 1.31. The molecule has 0 saturated heterocycles. The minimum absolute atomic E-state index is 0.770. The number of nitrogens with one attached hydrogen (secondary N) is 1. The van der Waals surface area contributed by atoms with E-state index in [1.54, 1.807) is 0 Å². The molecular formula is C15H16ClNS. The van der Waals surface area contributed by atoms with E-state index >= 15 is 0 Å². The van der Waals surface area contributed by atoms with E-state index in [-0.39, 0.29) is 0 Å². The van der Waals surface area contributed by atoms with Gasteiger partial charge in [0.25, 0.3) is 0 Å². The van der Waals surface area contributed by atoms with Crippen molar-refractivity contribution in [2.45, 2.75) is 11.8 Å². The highest BCUT2D eigenvalue weighted by molar-refractivity contribution is 7.99. The third kappa shape index (κ3) is 4.28. The van der Waals surface area contributed by atoms with Crippen molar-refractivity contribution in [1.82, 2.24) is 0 Å². The second-order valence-corrected chi connectivity index (χ2v) is 5.70. The Balaban J connectivity index is 1.74. The Kier molecular flexibility index (Phi) is 4.97. The van der Waals surface area contributed by atoms with Crippen molar-refractivity contribution in [3.8, 4) is 0 Å². The van der Waals surface area contributed by atoms with Gasteiger partial charge in [0.15, 0.2) is 0 Å². The van der Waals surface area contributed by atoms with Crippen LogP contribution >= 0.6 is 23.4 Å². The number of anilines is 1. The summed E-state index contributed by atoms with van der Waals surface area (Å²) in [6.07, 6.45) is 0. The summed E-state index contributed by atoms with van der Waals surface area (Å²) in [7, 11) is 0. The molecule has 0 aliphatic heterocycles. The number of hydrogen-bond donors (Lipinski definition) is 1. The van der Waals surface area contributed by atoms with Gasteiger partial charge in [0.05, 0.1) is 0 Å². The van der Waals surface area contributed by atoms with Crippen LogP contribution in [0.25, 0.3) is 0 Å². The Morgan fingerprint density at radius 1 is 1.11 bits per heavy atom. The fourth-order valence-corrected chi connectivity index (χ4v) is 2.56. The van der Waals surface area contributed by atoms with Crippen LogP contribution in [0.4, 0.5) is 5.69 Å². The zero-order valence-corrected chi connectivity index (χ0v) is 11.9. The van der Waals surface area contributed by atoms with Crippen LogP contribution in [-0.2, 0) is 0 Å². The van der Waals surface area contributed by atoms with Crippen molar-refractivity contribution in [1.29, 1.82) is 0 Å². The zero-order chi connectivity index (χ0) is 12.8. The molecule has 0 bridgehead atoms. The first-order valence-electron chi connectivity index (χ1n) is 5.93. The molecule has 0 atom stereocenters. The van der Waals surface area contributed by atoms with Crippen LogP contribution in [-0.4, -0.2) is 12.3 Å². The van der Waals surface area contributed by atoms with Crippen LogP contribution in [0.1, 0.15) is 5.56 Å². The van der Waals surface area contributed by atoms with Gasteiger partial charge >= 0.3 is 0 Å². The summed E-state index contributed by atoms with van der Waals surface area (Å²) in [5, 5.41) is 4.13. The third-order valence-electron chi connectivity index (χ3n) is 2.55. The van der Waals surface area contributed by atoms with Gasteiger partial charge in [-0.25, -0.2) is 0 Å². The van der Waals surface area contributed by atoms with Gasteiger partial charge in [0.2, 0.25) is 0 Å². The van der Waals surface area contributed by atoms with Crippen LogP contribution in [0.2, 0.25) is 5.02 Å². The first kappa shape index (κ1) is 13.3. The summed E-state index contributed by atoms with van der Waals surface area (Å²) >= 11 is 7.78. The summed E-state index contributed by atoms with van der Waals surface area (Å²) in [6.45, 7) is 3.04. The molecule has 0 aromatic heterocycles. The van der Waals surface area contributed by atoms with Crippen LogP contribution < -0.4 is 5.32 Å². The van der Waals surface area contributed by atoms with E-state index in [0.29, 0.717) is 0 Å². The van der Waals surface area contributed by atoms with Crippen molar-refractivity contribution in [3.05, 3.63) is 59.1 Å². The minimum atomic E-state index is 0.770. The van der Waals surface area contributed by atoms with E-state index in [4.69, 9.17) is 11.6 Å². The summed E-state index contributed by atoms with van der Waals surface area (Å²) in [6, 6.07) is 16.4. The Morgan fingerprint density at radius 3 is 2.61 bits per heavy atom. The minimum Gasteiger partial charge on any atom is -0.384 e. The Labute approximate surface area is 118 Å². The predicted octanol–water partition coefficient (Wildman–Crippen LogP) is 4.85. The molecule has 0 aliphatic rings. The van der Waals surface area contributed by atoms with E-state index in [0.717, 1.165) is 23.0 Å². The fourth-order valence-electron chi connectivity index (χ4n) is 1.60. The normalized spacial score (nSPS) is 10.3. The predicted molar refractivity (Wildman–Crippen MR) is 81.8 cm³/mol. The van der Waals surface area contributed by atoms with Crippen LogP contribution in [0.15, 0.2) is 53.4 Å². The Morgan fingerprint density at radius 2 is 1.89 bits per heavy atom. The summed E-state index contributed by atoms with van der Waals surface area (Å²) < 4.78 is 0. The highest BCUT2D eigenvalue weighted by Crippen LogP contribution is 2.19. The van der Waals surface area contributed by atoms with Gasteiger partial charge < -0.3 is 5.32 Å². The maximum Gasteiger partial charge on any atom is 0.0426 e. The largest absolute Gasteiger partial charge is 0.384 e. The van der Waals surface area contributed by atoms with Gasteiger partial charge in [-0.3, -0.25) is 0 Å². The topological polar surface area (TPSA) is 12.0 Å². The number of rotatable bonds is 5. The van der Waals surface area contributed by atoms with E-state index in [2.05, 4.69) is 36.5 Å². The molecule has 0 aliphatic carbocycles. The number of halogens is 1. The van der Waals surface area contributed by atoms with E-state index in [1.807, 2.05) is 36.0 Å². The first-order chi connectivity index (χ1) is 8.74. The molecule has 0 spiro atoms. The Hall–Kier alpha value is -1.12. The molecule has 2 aromatic rings. The van der Waals surface area contributed by atoms with Gasteiger partial charge in [-0.2, -0.15) is 0 Å². The van der Waals surface area contributed by atoms with Crippen molar-refractivity contribution < 1.29 is 0 Å². The SMILES string of the molecule is Cc1ccc(SCCNc2cccc(Cl)c2)cc1. The average Bonchev–Trinajstić information content (AvgIpc) is 2.37. The smallest absolute Gasteiger partial charge is 0.0426 e. The lowest BCUT2D eigenvalue weighted by molar-refractivity contribution is 1.22. The number of thioether (sulfide) groups is 1. The van der Waals surface area contributed by atoms with Crippen LogP contribution in [0.5, 0.6) is 0 Å². The fraction of sp³-hybridized carbons (Fsp3) is 0.200. The second-order valence-electron chi connectivity index (χ2n) is 4.10. The van der Waals surface area contributed by atoms with Gasteiger partial charge in [0.1, 0.15) is 0 Å². The van der Waals surface area contributed by atoms with Crippen molar-refractivity contribution in [2.24, 2.45) is 0 Å². The lowest BCUT2D eigenvalue weighted by Crippen LogP contribution is -2.03. The van der Waals surface area contributed by atoms with Gasteiger partial charge in [-0.1, -0.05) is 35.4 Å². The highest BCUT2D eigenvalue weighted by atomic mass is 35.5. The molecular weight excluding hydrogens is 262 g/mol. The molecule has 18 heavy (non-hydrogen) atoms. The van der Waals surface area contributed by atoms with Gasteiger partial charge in [-0.05, 0) is 37.3 Å². The monoisotopic (exact) mass is 277 g/mol. The lowest BCUT2D eigenvalue weighted by atomic mass is 10.2. The van der Waals surface area contributed by atoms with Crippen molar-refractivity contribution in [2.75, 3.05) is 17.6 Å². The zero-order valence-electron chi connectivity index (χ0n) is 10.3. The standard InChI is InChI=1S/C15H16ClNS/c1-12-5-7-15(8-6-12)18-10-9-17-14-4-2-3-13(16)11-14/h2-8,11,17H,9-10H2,1H3. The molecule has 0 saturated carbocycles. The second kappa shape index (κ2) is 6.72. The molecule has 0 fully saturated rings. The van der Waals surface area contributed by atoms with E-state index in [9.17, 15) is 0 Å². The number of benzene rings is 2. The molecule has 0 amide bonds. The molecule has 0 radical (unpaired) electrons. The van der Waals surface area contributed by atoms with Crippen molar-refractivity contribution in [3.63, 3.8) is 0 Å². The number of aryl methyl sites for hydroxylation is 1. The summed E-state index contributed by atoms with van der Waals surface area (Å²) in [5.41, 5.74) is 2.38. The quantitative estimate of drug-likeness (QED) is 0.619. The summed E-state index contributed by atoms with van der Waals surface area (Å²) in [5.74, 6) is 1.04. The van der Waals surface area contributed by atoms with Gasteiger partial charge in [0, 0.05) is 27.9 Å². The number of hydrogen-bond acceptors (Lipinski definition) is 2. The molecule has 1 N–H and O–H groups in total. The van der Waals surface area contributed by atoms with E-state index < -0.39 is 0 Å². The molecule has 0 unspecified atom stereocenters. The maximum atomic E-state index is 5.92. The van der Waals surface area contributed by atoms with Crippen molar-refractivity contribution >= 4 is 29.1 Å². The Bertz CT molecular complexity index is 496. The average molecular weight is 278 g/mol. The third-order valence-corrected chi connectivity index (χ3v) is 3.79. The van der Waals surface area contributed by atoms with Crippen LogP contribution in [0, 0.1) is 6.92 Å². The van der Waals surface area contributed by atoms with Crippen LogP contribution in [0.3, 0.4) is 0 Å². The van der Waals surface area contributed by atoms with E-state index in [1.165, 1.54) is 10.5 Å². The molecule has 1 nitrogen and oxygen atoms in total. The molecule has 0 heterocycles. The lowest BCUT2D eigenvalue weighted by Gasteiger charge is -2.06.